The fourth-order valence-electron chi connectivity index (χ4n) is 5.11. The highest BCUT2D eigenvalue weighted by Crippen LogP contribution is 2.37. The van der Waals surface area contributed by atoms with Crippen LogP contribution in [-0.4, -0.2) is 63.4 Å². The Morgan fingerprint density at radius 2 is 1.83 bits per heavy atom. The van der Waals surface area contributed by atoms with Crippen molar-refractivity contribution in [2.24, 2.45) is 0 Å². The Morgan fingerprint density at radius 3 is 2.46 bits per heavy atom. The fourth-order valence-corrected chi connectivity index (χ4v) is 5.62. The summed E-state index contributed by atoms with van der Waals surface area (Å²) >= 11 is 0. The van der Waals surface area contributed by atoms with Gasteiger partial charge in [-0.15, -0.1) is 0 Å². The summed E-state index contributed by atoms with van der Waals surface area (Å²) in [6.45, 7) is 4.27. The van der Waals surface area contributed by atoms with Crippen LogP contribution < -0.4 is 5.32 Å². The van der Waals surface area contributed by atoms with E-state index in [-0.39, 0.29) is 41.9 Å². The van der Waals surface area contributed by atoms with Crippen molar-refractivity contribution >= 4 is 27.5 Å². The second-order valence-corrected chi connectivity index (χ2v) is 11.6. The first-order chi connectivity index (χ1) is 16.7. The molecule has 4 heterocycles. The quantitative estimate of drug-likeness (QED) is 0.549. The van der Waals surface area contributed by atoms with Crippen molar-refractivity contribution in [1.29, 1.82) is 0 Å². The number of amides is 1. The van der Waals surface area contributed by atoms with E-state index in [0.29, 0.717) is 11.6 Å². The number of aromatic nitrogens is 4. The predicted molar refractivity (Wildman–Crippen MR) is 130 cm³/mol. The zero-order chi connectivity index (χ0) is 24.7. The van der Waals surface area contributed by atoms with E-state index in [4.69, 9.17) is 4.74 Å². The zero-order valence-electron chi connectivity index (χ0n) is 20.1. The molecule has 2 atom stereocenters. The average Bonchev–Trinajstić information content (AvgIpc) is 3.37. The second kappa shape index (κ2) is 9.10. The van der Waals surface area contributed by atoms with E-state index in [1.165, 1.54) is 0 Å². The summed E-state index contributed by atoms with van der Waals surface area (Å²) in [6.07, 6.45) is 5.79. The summed E-state index contributed by atoms with van der Waals surface area (Å²) in [5, 5.41) is 7.62. The van der Waals surface area contributed by atoms with Gasteiger partial charge in [0.2, 0.25) is 15.8 Å². The van der Waals surface area contributed by atoms with Gasteiger partial charge in [0.05, 0.1) is 6.20 Å². The predicted octanol–water partition coefficient (Wildman–Crippen LogP) is 3.40. The van der Waals surface area contributed by atoms with Crippen LogP contribution in [0.1, 0.15) is 56.6 Å². The van der Waals surface area contributed by atoms with E-state index in [9.17, 15) is 13.2 Å². The van der Waals surface area contributed by atoms with Crippen LogP contribution in [-0.2, 0) is 21.2 Å². The first-order valence-corrected chi connectivity index (χ1v) is 13.8. The molecule has 2 bridgehead atoms. The van der Waals surface area contributed by atoms with E-state index in [1.54, 1.807) is 10.7 Å². The third kappa shape index (κ3) is 4.69. The van der Waals surface area contributed by atoms with Gasteiger partial charge in [0.1, 0.15) is 6.61 Å². The number of nitrogens with one attached hydrogen (secondary N) is 1. The lowest BCUT2D eigenvalue weighted by Gasteiger charge is -2.38. The molecule has 186 valence electrons. The maximum absolute atomic E-state index is 12.9. The Morgan fingerprint density at radius 1 is 1.14 bits per heavy atom. The van der Waals surface area contributed by atoms with Crippen molar-refractivity contribution in [3.63, 3.8) is 0 Å². The van der Waals surface area contributed by atoms with Gasteiger partial charge in [-0.1, -0.05) is 44.2 Å². The lowest BCUT2D eigenvalue weighted by molar-refractivity contribution is 0.0627. The smallest absolute Gasteiger partial charge is 0.410 e. The Labute approximate surface area is 204 Å². The van der Waals surface area contributed by atoms with Crippen LogP contribution in [0.25, 0.3) is 5.65 Å². The summed E-state index contributed by atoms with van der Waals surface area (Å²) in [4.78, 5) is 23.4. The van der Waals surface area contributed by atoms with Crippen LogP contribution in [0.4, 0.5) is 10.7 Å². The maximum atomic E-state index is 12.9. The van der Waals surface area contributed by atoms with Crippen molar-refractivity contribution in [1.82, 2.24) is 24.5 Å². The molecule has 1 aromatic carbocycles. The molecule has 1 N–H and O–H groups in total. The minimum Gasteiger partial charge on any atom is -0.445 e. The highest BCUT2D eigenvalue weighted by Gasteiger charge is 2.44. The van der Waals surface area contributed by atoms with Gasteiger partial charge in [-0.2, -0.15) is 19.6 Å². The van der Waals surface area contributed by atoms with Gasteiger partial charge in [0, 0.05) is 29.9 Å². The molecule has 10 nitrogen and oxygen atoms in total. The summed E-state index contributed by atoms with van der Waals surface area (Å²) in [5.41, 5.74) is 2.30. The third-order valence-electron chi connectivity index (χ3n) is 6.81. The molecule has 2 aromatic heterocycles. The van der Waals surface area contributed by atoms with E-state index >= 15 is 0 Å². The summed E-state index contributed by atoms with van der Waals surface area (Å²) in [5.74, 6) is 0.482. The highest BCUT2D eigenvalue weighted by atomic mass is 32.2. The fraction of sp³-hybridized carbons (Fsp3) is 0.500. The normalized spacial score (nSPS) is 22.1. The molecular formula is C24H30N6O4S. The minimum atomic E-state index is -3.61. The number of fused-ring (bicyclic) bond motifs is 3. The number of carbonyl (C=O) groups excluding carboxylic acids is 1. The number of benzene rings is 1. The van der Waals surface area contributed by atoms with Crippen molar-refractivity contribution in [3.05, 3.63) is 47.7 Å². The number of hydrogen-bond donors (Lipinski definition) is 1. The summed E-state index contributed by atoms with van der Waals surface area (Å²) in [6, 6.07) is 9.79. The van der Waals surface area contributed by atoms with Gasteiger partial charge >= 0.3 is 6.09 Å². The number of sulfone groups is 1. The van der Waals surface area contributed by atoms with E-state index < -0.39 is 9.84 Å². The number of ether oxygens (including phenoxy) is 1. The van der Waals surface area contributed by atoms with Crippen LogP contribution in [0.15, 0.2) is 41.7 Å². The first-order valence-electron chi connectivity index (χ1n) is 11.9. The monoisotopic (exact) mass is 498 g/mol. The molecule has 2 unspecified atom stereocenters. The molecule has 0 spiro atoms. The van der Waals surface area contributed by atoms with Gasteiger partial charge < -0.3 is 15.0 Å². The SMILES string of the molecule is CC(C)c1cnn2c(NC3CC4CCC(C3)N4C(=O)OCc3ccccc3)nc(S(C)(=O)=O)nc12. The van der Waals surface area contributed by atoms with Crippen LogP contribution in [0.3, 0.4) is 0 Å². The van der Waals surface area contributed by atoms with Gasteiger partial charge in [0.15, 0.2) is 5.65 Å². The van der Waals surface area contributed by atoms with Crippen LogP contribution in [0.2, 0.25) is 0 Å². The minimum absolute atomic E-state index is 0.0166. The zero-order valence-corrected chi connectivity index (χ0v) is 20.9. The summed E-state index contributed by atoms with van der Waals surface area (Å²) in [7, 11) is -3.61. The largest absolute Gasteiger partial charge is 0.445 e. The standard InChI is InChI=1S/C24H30N6O4S/c1-15(2)20-13-25-30-21(20)27-23(35(3,32)33)28-22(30)26-17-11-18-9-10-19(12-17)29(18)24(31)34-14-16-7-5-4-6-8-16/h4-8,13,15,17-19H,9-12,14H2,1-3H3,(H,26,27,28). The molecular weight excluding hydrogens is 468 g/mol. The topological polar surface area (TPSA) is 119 Å². The molecule has 2 aliphatic heterocycles. The van der Waals surface area contributed by atoms with Crippen LogP contribution in [0.5, 0.6) is 0 Å². The van der Waals surface area contributed by atoms with Crippen molar-refractivity contribution in [3.8, 4) is 0 Å². The lowest BCUT2D eigenvalue weighted by Crippen LogP contribution is -2.50. The number of piperidine rings is 1. The third-order valence-corrected chi connectivity index (χ3v) is 7.66. The van der Waals surface area contributed by atoms with Crippen LogP contribution >= 0.6 is 0 Å². The summed E-state index contributed by atoms with van der Waals surface area (Å²) < 4.78 is 31.7. The van der Waals surface area contributed by atoms with E-state index in [2.05, 4.69) is 20.4 Å². The molecule has 0 radical (unpaired) electrons. The molecule has 0 aliphatic carbocycles. The van der Waals surface area contributed by atoms with E-state index in [0.717, 1.165) is 43.1 Å². The molecule has 5 rings (SSSR count). The Balaban J connectivity index is 1.33. The molecule has 1 amide bonds. The Bertz CT molecular complexity index is 1330. The molecule has 35 heavy (non-hydrogen) atoms. The van der Waals surface area contributed by atoms with Gasteiger partial charge in [-0.3, -0.25) is 0 Å². The molecule has 2 aliphatic rings. The number of carbonyl (C=O) groups is 1. The van der Waals surface area contributed by atoms with Crippen molar-refractivity contribution in [2.45, 2.75) is 75.3 Å². The Hall–Kier alpha value is -3.21. The number of nitrogens with zero attached hydrogens (tertiary/aromatic N) is 5. The highest BCUT2D eigenvalue weighted by molar-refractivity contribution is 7.90. The van der Waals surface area contributed by atoms with Crippen molar-refractivity contribution in [2.75, 3.05) is 11.6 Å². The average molecular weight is 499 g/mol. The number of anilines is 1. The van der Waals surface area contributed by atoms with Gasteiger partial charge in [-0.05, 0) is 37.2 Å². The molecule has 0 saturated carbocycles. The second-order valence-electron chi connectivity index (χ2n) is 9.74. The van der Waals surface area contributed by atoms with E-state index in [1.807, 2.05) is 49.1 Å². The lowest BCUT2D eigenvalue weighted by atomic mass is 9.98. The maximum Gasteiger partial charge on any atom is 0.410 e. The molecule has 2 saturated heterocycles. The Kier molecular flexibility index (Phi) is 6.12. The number of hydrogen-bond acceptors (Lipinski definition) is 8. The van der Waals surface area contributed by atoms with Gasteiger partial charge in [0.25, 0.3) is 5.16 Å². The number of rotatable bonds is 6. The van der Waals surface area contributed by atoms with Crippen LogP contribution in [0, 0.1) is 0 Å². The molecule has 3 aromatic rings. The first kappa shape index (κ1) is 23.5. The molecule has 2 fully saturated rings. The molecule has 11 heteroatoms. The van der Waals surface area contributed by atoms with Gasteiger partial charge in [-0.25, -0.2) is 13.2 Å². The van der Waals surface area contributed by atoms with Crippen molar-refractivity contribution < 1.29 is 17.9 Å².